The number of rotatable bonds is 7. The molecule has 0 atom stereocenters. The highest BCUT2D eigenvalue weighted by Gasteiger charge is 2.21. The van der Waals surface area contributed by atoms with Crippen LogP contribution in [0, 0.1) is 0 Å². The molecule has 156 valence electrons. The van der Waals surface area contributed by atoms with Gasteiger partial charge in [0.05, 0.1) is 11.0 Å². The smallest absolute Gasteiger partial charge is 0.294 e. The van der Waals surface area contributed by atoms with Crippen LogP contribution in [0.3, 0.4) is 0 Å². The Morgan fingerprint density at radius 3 is 2.57 bits per heavy atom. The van der Waals surface area contributed by atoms with E-state index in [1.165, 1.54) is 0 Å². The summed E-state index contributed by atoms with van der Waals surface area (Å²) in [6.07, 6.45) is 5.89. The molecule has 30 heavy (non-hydrogen) atoms. The Morgan fingerprint density at radius 1 is 1.10 bits per heavy atom. The summed E-state index contributed by atoms with van der Waals surface area (Å²) >= 11 is 0. The predicted octanol–water partition coefficient (Wildman–Crippen LogP) is 2.83. The topological polar surface area (TPSA) is 71.3 Å². The molecule has 1 amide bonds. The zero-order chi connectivity index (χ0) is 20.9. The number of aryl methyl sites for hydroxylation is 1. The van der Waals surface area contributed by atoms with Crippen LogP contribution < -0.4 is 10.5 Å². The maximum Gasteiger partial charge on any atom is 0.294 e. The molecular weight excluding hydrogens is 378 g/mol. The molecule has 0 N–H and O–H groups in total. The van der Waals surface area contributed by atoms with Gasteiger partial charge in [-0.25, -0.2) is 4.98 Å². The van der Waals surface area contributed by atoms with E-state index in [2.05, 4.69) is 14.9 Å². The van der Waals surface area contributed by atoms with Gasteiger partial charge >= 0.3 is 0 Å². The van der Waals surface area contributed by atoms with Crippen LogP contribution in [0.4, 0.5) is 5.82 Å². The summed E-state index contributed by atoms with van der Waals surface area (Å²) in [5, 5.41) is 0. The van der Waals surface area contributed by atoms with Crippen LogP contribution in [0.25, 0.3) is 11.0 Å². The largest absolute Gasteiger partial charge is 0.352 e. The number of benzene rings is 1. The fourth-order valence-electron chi connectivity index (χ4n) is 3.99. The van der Waals surface area contributed by atoms with E-state index in [1.54, 1.807) is 17.0 Å². The van der Waals surface area contributed by atoms with Crippen molar-refractivity contribution in [2.45, 2.75) is 39.3 Å². The highest BCUT2D eigenvalue weighted by molar-refractivity contribution is 5.78. The van der Waals surface area contributed by atoms with Crippen molar-refractivity contribution in [3.8, 4) is 0 Å². The molecule has 3 heterocycles. The second-order valence-corrected chi connectivity index (χ2v) is 7.59. The number of hydrogen-bond acceptors (Lipinski definition) is 5. The second kappa shape index (κ2) is 9.07. The van der Waals surface area contributed by atoms with Crippen LogP contribution in [0.15, 0.2) is 53.6 Å². The normalized spacial score (nSPS) is 13.7. The summed E-state index contributed by atoms with van der Waals surface area (Å²) in [6, 6.07) is 11.5. The van der Waals surface area contributed by atoms with Gasteiger partial charge in [0.2, 0.25) is 5.91 Å². The Hall–Kier alpha value is -3.22. The number of anilines is 1. The SMILES string of the molecule is CCN(Cc1ccncc1)C(=O)CCn1c(=O)c(N2CCCC2)nc2ccccc21. The molecule has 3 aromatic rings. The van der Waals surface area contributed by atoms with E-state index in [-0.39, 0.29) is 17.9 Å². The van der Waals surface area contributed by atoms with Gasteiger partial charge < -0.3 is 14.4 Å². The molecule has 0 radical (unpaired) electrons. The Kier molecular flexibility index (Phi) is 6.07. The first-order valence-corrected chi connectivity index (χ1v) is 10.6. The van der Waals surface area contributed by atoms with Gasteiger partial charge in [-0.05, 0) is 49.6 Å². The number of aromatic nitrogens is 3. The van der Waals surface area contributed by atoms with Crippen LogP contribution in [0.5, 0.6) is 0 Å². The Bertz CT molecular complexity index is 1070. The van der Waals surface area contributed by atoms with Gasteiger partial charge in [-0.1, -0.05) is 12.1 Å². The Balaban J connectivity index is 1.57. The third-order valence-electron chi connectivity index (χ3n) is 5.65. The number of hydrogen-bond donors (Lipinski definition) is 0. The van der Waals surface area contributed by atoms with E-state index in [0.29, 0.717) is 25.5 Å². The number of fused-ring (bicyclic) bond motifs is 1. The summed E-state index contributed by atoms with van der Waals surface area (Å²) in [5.74, 6) is 0.535. The highest BCUT2D eigenvalue weighted by atomic mass is 16.2. The number of amides is 1. The maximum absolute atomic E-state index is 13.2. The van der Waals surface area contributed by atoms with Crippen molar-refractivity contribution in [2.24, 2.45) is 0 Å². The van der Waals surface area contributed by atoms with Crippen LogP contribution >= 0.6 is 0 Å². The summed E-state index contributed by atoms with van der Waals surface area (Å²) < 4.78 is 1.72. The van der Waals surface area contributed by atoms with Crippen LogP contribution in [-0.2, 0) is 17.9 Å². The average Bonchev–Trinajstić information content (AvgIpc) is 3.31. The third kappa shape index (κ3) is 4.20. The molecule has 1 fully saturated rings. The third-order valence-corrected chi connectivity index (χ3v) is 5.65. The van der Waals surface area contributed by atoms with Gasteiger partial charge in [-0.2, -0.15) is 0 Å². The summed E-state index contributed by atoms with van der Waals surface area (Å²) in [7, 11) is 0. The highest BCUT2D eigenvalue weighted by Crippen LogP contribution is 2.18. The zero-order valence-electron chi connectivity index (χ0n) is 17.3. The first-order valence-electron chi connectivity index (χ1n) is 10.6. The summed E-state index contributed by atoms with van der Waals surface area (Å²) in [5.41, 5.74) is 2.50. The molecule has 1 aliphatic rings. The molecule has 4 rings (SSSR count). The van der Waals surface area contributed by atoms with Crippen molar-refractivity contribution in [3.63, 3.8) is 0 Å². The van der Waals surface area contributed by atoms with Crippen molar-refractivity contribution in [2.75, 3.05) is 24.5 Å². The van der Waals surface area contributed by atoms with Crippen molar-refractivity contribution >= 4 is 22.8 Å². The first kappa shape index (κ1) is 20.1. The van der Waals surface area contributed by atoms with Gasteiger partial charge in [0.25, 0.3) is 5.56 Å². The monoisotopic (exact) mass is 405 g/mol. The maximum atomic E-state index is 13.2. The molecular formula is C23H27N5O2. The van der Waals surface area contributed by atoms with Crippen molar-refractivity contribution in [3.05, 3.63) is 64.7 Å². The van der Waals surface area contributed by atoms with Gasteiger partial charge in [-0.3, -0.25) is 14.6 Å². The lowest BCUT2D eigenvalue weighted by atomic mass is 10.2. The second-order valence-electron chi connectivity index (χ2n) is 7.59. The van der Waals surface area contributed by atoms with E-state index >= 15 is 0 Å². The molecule has 0 saturated carbocycles. The average molecular weight is 406 g/mol. The van der Waals surface area contributed by atoms with E-state index in [9.17, 15) is 9.59 Å². The van der Waals surface area contributed by atoms with Gasteiger partial charge in [0, 0.05) is 51.5 Å². The minimum Gasteiger partial charge on any atom is -0.352 e. The fourth-order valence-corrected chi connectivity index (χ4v) is 3.99. The molecule has 7 nitrogen and oxygen atoms in total. The van der Waals surface area contributed by atoms with E-state index in [4.69, 9.17) is 0 Å². The van der Waals surface area contributed by atoms with Gasteiger partial charge in [0.15, 0.2) is 5.82 Å². The lowest BCUT2D eigenvalue weighted by Crippen LogP contribution is -2.34. The lowest BCUT2D eigenvalue weighted by molar-refractivity contribution is -0.131. The van der Waals surface area contributed by atoms with E-state index in [1.807, 2.05) is 48.2 Å². The molecule has 0 aliphatic carbocycles. The molecule has 0 unspecified atom stereocenters. The summed E-state index contributed by atoms with van der Waals surface area (Å²) in [4.78, 5) is 38.7. The first-order chi connectivity index (χ1) is 14.7. The van der Waals surface area contributed by atoms with Crippen LogP contribution in [0.2, 0.25) is 0 Å². The van der Waals surface area contributed by atoms with Crippen LogP contribution in [-0.4, -0.2) is 45.0 Å². The number of nitrogens with zero attached hydrogens (tertiary/aromatic N) is 5. The lowest BCUT2D eigenvalue weighted by Gasteiger charge is -2.22. The van der Waals surface area contributed by atoms with E-state index < -0.39 is 0 Å². The molecule has 1 saturated heterocycles. The van der Waals surface area contributed by atoms with Gasteiger partial charge in [-0.15, -0.1) is 0 Å². The van der Waals surface area contributed by atoms with Crippen molar-refractivity contribution in [1.82, 2.24) is 19.4 Å². The summed E-state index contributed by atoms with van der Waals surface area (Å²) in [6.45, 7) is 5.19. The minimum absolute atomic E-state index is 0.0322. The van der Waals surface area contributed by atoms with Crippen molar-refractivity contribution in [1.29, 1.82) is 0 Å². The molecule has 2 aromatic heterocycles. The Labute approximate surface area is 176 Å². The van der Waals surface area contributed by atoms with Crippen LogP contribution in [0.1, 0.15) is 31.7 Å². The number of carbonyl (C=O) groups excluding carboxylic acids is 1. The molecule has 0 bridgehead atoms. The molecule has 0 spiro atoms. The quantitative estimate of drug-likeness (QED) is 0.604. The Morgan fingerprint density at radius 2 is 1.83 bits per heavy atom. The standard InChI is InChI=1S/C23H27N5O2/c1-2-26(17-18-9-12-24-13-10-18)21(29)11-16-28-20-8-4-3-7-19(20)25-22(23(28)30)27-14-5-6-15-27/h3-4,7-10,12-13H,2,5-6,11,14-17H2,1H3. The number of carbonyl (C=O) groups is 1. The molecule has 7 heteroatoms. The van der Waals surface area contributed by atoms with E-state index in [0.717, 1.165) is 42.5 Å². The predicted molar refractivity (Wildman–Crippen MR) is 117 cm³/mol. The molecule has 1 aliphatic heterocycles. The minimum atomic E-state index is -0.111. The molecule has 1 aromatic carbocycles. The van der Waals surface area contributed by atoms with Gasteiger partial charge in [0.1, 0.15) is 0 Å². The number of para-hydroxylation sites is 2. The zero-order valence-corrected chi connectivity index (χ0v) is 17.3. The fraction of sp³-hybridized carbons (Fsp3) is 0.391. The number of pyridine rings is 1. The van der Waals surface area contributed by atoms with Crippen molar-refractivity contribution < 1.29 is 4.79 Å².